The predicted molar refractivity (Wildman–Crippen MR) is 112 cm³/mol. The molecule has 0 unspecified atom stereocenters. The summed E-state index contributed by atoms with van der Waals surface area (Å²) >= 11 is 0. The summed E-state index contributed by atoms with van der Waals surface area (Å²) in [6, 6.07) is 18.6. The summed E-state index contributed by atoms with van der Waals surface area (Å²) in [5, 5.41) is 2.77. The molecule has 0 saturated heterocycles. The number of nitrogens with zero attached hydrogens (tertiary/aromatic N) is 1. The highest BCUT2D eigenvalue weighted by atomic mass is 19.1. The van der Waals surface area contributed by atoms with E-state index in [0.717, 1.165) is 29.7 Å². The molecule has 3 aromatic rings. The Morgan fingerprint density at radius 2 is 1.62 bits per heavy atom. The van der Waals surface area contributed by atoms with Crippen molar-refractivity contribution in [1.82, 2.24) is 0 Å². The lowest BCUT2D eigenvalue weighted by Crippen LogP contribution is -2.35. The lowest BCUT2D eigenvalue weighted by atomic mass is 9.98. The lowest BCUT2D eigenvalue weighted by molar-refractivity contribution is 0.0984. The summed E-state index contributed by atoms with van der Waals surface area (Å²) < 4.78 is 13.0. The molecule has 146 valence electrons. The summed E-state index contributed by atoms with van der Waals surface area (Å²) in [5.74, 6) is -0.647. The average molecular weight is 388 g/mol. The van der Waals surface area contributed by atoms with E-state index < -0.39 is 0 Å². The van der Waals surface area contributed by atoms with Crippen LogP contribution < -0.4 is 10.2 Å². The Morgan fingerprint density at radius 3 is 2.34 bits per heavy atom. The van der Waals surface area contributed by atoms with Crippen molar-refractivity contribution in [3.05, 3.63) is 94.8 Å². The molecule has 1 heterocycles. The van der Waals surface area contributed by atoms with Crippen molar-refractivity contribution in [2.24, 2.45) is 0 Å². The van der Waals surface area contributed by atoms with Gasteiger partial charge in [-0.2, -0.15) is 0 Å². The summed E-state index contributed by atoms with van der Waals surface area (Å²) in [7, 11) is 0. The molecule has 4 rings (SSSR count). The van der Waals surface area contributed by atoms with Gasteiger partial charge < -0.3 is 10.2 Å². The highest BCUT2D eigenvalue weighted by Gasteiger charge is 2.24. The number of carbonyl (C=O) groups excluding carboxylic acids is 2. The van der Waals surface area contributed by atoms with E-state index in [-0.39, 0.29) is 17.6 Å². The topological polar surface area (TPSA) is 49.4 Å². The van der Waals surface area contributed by atoms with Crippen LogP contribution in [0, 0.1) is 12.7 Å². The van der Waals surface area contributed by atoms with Gasteiger partial charge in [0.2, 0.25) is 0 Å². The normalized spacial score (nSPS) is 13.0. The molecule has 0 bridgehead atoms. The quantitative estimate of drug-likeness (QED) is 0.688. The first-order chi connectivity index (χ1) is 14.0. The average Bonchev–Trinajstić information content (AvgIpc) is 2.74. The second-order valence-corrected chi connectivity index (χ2v) is 7.23. The van der Waals surface area contributed by atoms with E-state index in [4.69, 9.17) is 0 Å². The minimum atomic E-state index is -0.352. The van der Waals surface area contributed by atoms with E-state index in [1.54, 1.807) is 11.0 Å². The molecule has 0 spiro atoms. The molecule has 0 atom stereocenters. The smallest absolute Gasteiger partial charge is 0.258 e. The number of aryl methyl sites for hydroxylation is 2. The maximum absolute atomic E-state index is 13.0. The number of anilines is 2. The fourth-order valence-electron chi connectivity index (χ4n) is 3.54. The monoisotopic (exact) mass is 388 g/mol. The van der Waals surface area contributed by atoms with Crippen LogP contribution in [-0.2, 0) is 6.42 Å². The van der Waals surface area contributed by atoms with Gasteiger partial charge in [0.1, 0.15) is 5.82 Å². The number of benzene rings is 3. The van der Waals surface area contributed by atoms with Crippen LogP contribution in [0.1, 0.15) is 38.3 Å². The minimum Gasteiger partial charge on any atom is -0.322 e. The van der Waals surface area contributed by atoms with Crippen molar-refractivity contribution in [2.75, 3.05) is 16.8 Å². The second kappa shape index (κ2) is 7.87. The van der Waals surface area contributed by atoms with Crippen LogP contribution in [0.4, 0.5) is 15.8 Å². The Kier molecular flexibility index (Phi) is 5.12. The third kappa shape index (κ3) is 4.04. The SMILES string of the molecule is Cc1ccc(C(=O)N2CCCc3cc(C(=O)Nc4ccc(F)cc4)ccc32)cc1. The number of carbonyl (C=O) groups is 2. The first-order valence-corrected chi connectivity index (χ1v) is 9.59. The van der Waals surface area contributed by atoms with Gasteiger partial charge >= 0.3 is 0 Å². The van der Waals surface area contributed by atoms with Crippen molar-refractivity contribution in [3.63, 3.8) is 0 Å². The van der Waals surface area contributed by atoms with Crippen LogP contribution >= 0.6 is 0 Å². The zero-order valence-electron chi connectivity index (χ0n) is 16.1. The number of nitrogens with one attached hydrogen (secondary N) is 1. The summed E-state index contributed by atoms with van der Waals surface area (Å²) in [5.41, 5.74) is 4.63. The second-order valence-electron chi connectivity index (χ2n) is 7.23. The molecule has 1 N–H and O–H groups in total. The molecule has 29 heavy (non-hydrogen) atoms. The van der Waals surface area contributed by atoms with Crippen molar-refractivity contribution >= 4 is 23.2 Å². The molecule has 5 heteroatoms. The number of halogens is 1. The highest BCUT2D eigenvalue weighted by Crippen LogP contribution is 2.30. The number of hydrogen-bond donors (Lipinski definition) is 1. The van der Waals surface area contributed by atoms with Gasteiger partial charge in [-0.15, -0.1) is 0 Å². The third-order valence-electron chi connectivity index (χ3n) is 5.11. The molecule has 3 aromatic carbocycles. The van der Waals surface area contributed by atoms with E-state index >= 15 is 0 Å². The van der Waals surface area contributed by atoms with Gasteiger partial charge in [-0.05, 0) is 79.9 Å². The summed E-state index contributed by atoms with van der Waals surface area (Å²) in [6.07, 6.45) is 1.65. The fourth-order valence-corrected chi connectivity index (χ4v) is 3.54. The molecular weight excluding hydrogens is 367 g/mol. The number of rotatable bonds is 3. The minimum absolute atomic E-state index is 0.0329. The van der Waals surface area contributed by atoms with Crippen LogP contribution in [0.5, 0.6) is 0 Å². The Morgan fingerprint density at radius 1 is 0.931 bits per heavy atom. The zero-order valence-corrected chi connectivity index (χ0v) is 16.1. The molecular formula is C24H21FN2O2. The van der Waals surface area contributed by atoms with Crippen molar-refractivity contribution in [3.8, 4) is 0 Å². The molecule has 0 radical (unpaired) electrons. The molecule has 4 nitrogen and oxygen atoms in total. The molecule has 0 aromatic heterocycles. The number of fused-ring (bicyclic) bond motifs is 1. The molecule has 1 aliphatic heterocycles. The Bertz CT molecular complexity index is 1060. The molecule has 0 fully saturated rings. The van der Waals surface area contributed by atoms with Crippen LogP contribution in [0.15, 0.2) is 66.7 Å². The first kappa shape index (κ1) is 18.9. The highest BCUT2D eigenvalue weighted by molar-refractivity contribution is 6.08. The van der Waals surface area contributed by atoms with E-state index in [2.05, 4.69) is 5.32 Å². The van der Waals surface area contributed by atoms with Gasteiger partial charge in [0.25, 0.3) is 11.8 Å². The van der Waals surface area contributed by atoms with Crippen LogP contribution in [0.25, 0.3) is 0 Å². The third-order valence-corrected chi connectivity index (χ3v) is 5.11. The van der Waals surface area contributed by atoms with Crippen LogP contribution in [-0.4, -0.2) is 18.4 Å². The number of amides is 2. The van der Waals surface area contributed by atoms with Crippen LogP contribution in [0.2, 0.25) is 0 Å². The Balaban J connectivity index is 1.56. The Hall–Kier alpha value is -3.47. The van der Waals surface area contributed by atoms with E-state index in [0.29, 0.717) is 23.4 Å². The lowest BCUT2D eigenvalue weighted by Gasteiger charge is -2.30. The maximum atomic E-state index is 13.0. The first-order valence-electron chi connectivity index (χ1n) is 9.59. The molecule has 1 aliphatic rings. The number of hydrogen-bond acceptors (Lipinski definition) is 2. The summed E-state index contributed by atoms with van der Waals surface area (Å²) in [4.78, 5) is 27.3. The van der Waals surface area contributed by atoms with Gasteiger partial charge in [-0.1, -0.05) is 17.7 Å². The van der Waals surface area contributed by atoms with Gasteiger partial charge in [0.15, 0.2) is 0 Å². The standard InChI is InChI=1S/C24H21FN2O2/c1-16-4-6-17(7-5-16)24(29)27-14-2-3-18-15-19(8-13-22(18)27)23(28)26-21-11-9-20(25)10-12-21/h4-13,15H,2-3,14H2,1H3,(H,26,28). The van der Waals surface area contributed by atoms with E-state index in [1.807, 2.05) is 43.3 Å². The fraction of sp³-hybridized carbons (Fsp3) is 0.167. The Labute approximate surface area is 169 Å². The zero-order chi connectivity index (χ0) is 20.4. The maximum Gasteiger partial charge on any atom is 0.258 e. The van der Waals surface area contributed by atoms with Crippen molar-refractivity contribution in [2.45, 2.75) is 19.8 Å². The van der Waals surface area contributed by atoms with Crippen molar-refractivity contribution in [1.29, 1.82) is 0 Å². The predicted octanol–water partition coefficient (Wildman–Crippen LogP) is 4.98. The van der Waals surface area contributed by atoms with Crippen LogP contribution in [0.3, 0.4) is 0 Å². The molecule has 2 amide bonds. The van der Waals surface area contributed by atoms with E-state index in [9.17, 15) is 14.0 Å². The molecule has 0 aliphatic carbocycles. The largest absolute Gasteiger partial charge is 0.322 e. The summed E-state index contributed by atoms with van der Waals surface area (Å²) in [6.45, 7) is 2.64. The van der Waals surface area contributed by atoms with Crippen molar-refractivity contribution < 1.29 is 14.0 Å². The van der Waals surface area contributed by atoms with Gasteiger partial charge in [0, 0.05) is 29.0 Å². The van der Waals surface area contributed by atoms with Gasteiger partial charge in [-0.3, -0.25) is 9.59 Å². The van der Waals surface area contributed by atoms with Gasteiger partial charge in [0.05, 0.1) is 0 Å². The van der Waals surface area contributed by atoms with Gasteiger partial charge in [-0.25, -0.2) is 4.39 Å². The van der Waals surface area contributed by atoms with E-state index in [1.165, 1.54) is 24.3 Å². The molecule has 0 saturated carbocycles.